The minimum Gasteiger partial charge on any atom is -0.482 e. The largest absolute Gasteiger partial charge is 0.482 e. The van der Waals surface area contributed by atoms with E-state index in [0.717, 1.165) is 35.4 Å². The van der Waals surface area contributed by atoms with Crippen molar-refractivity contribution in [2.75, 3.05) is 0 Å². The van der Waals surface area contributed by atoms with Crippen molar-refractivity contribution in [3.8, 4) is 34.5 Å². The molecule has 0 heterocycles. The summed E-state index contributed by atoms with van der Waals surface area (Å²) in [5, 5.41) is 21.3. The van der Waals surface area contributed by atoms with Gasteiger partial charge in [-0.2, -0.15) is 0 Å². The van der Waals surface area contributed by atoms with Gasteiger partial charge in [-0.15, -0.1) is 0 Å². The van der Waals surface area contributed by atoms with Crippen LogP contribution in [-0.4, -0.2) is 20.3 Å². The van der Waals surface area contributed by atoms with Crippen LogP contribution in [0.3, 0.4) is 0 Å². The number of hydrogen-bond donors (Lipinski definition) is 0. The van der Waals surface area contributed by atoms with Crippen molar-refractivity contribution in [1.82, 2.24) is 0 Å². The molecule has 0 aliphatic carbocycles. The van der Waals surface area contributed by atoms with Gasteiger partial charge in [0, 0.05) is 24.3 Å². The Labute approximate surface area is 282 Å². The number of carbonyl (C=O) groups excluding carboxylic acids is 2. The first-order valence-corrected chi connectivity index (χ1v) is 14.7. The van der Waals surface area contributed by atoms with E-state index < -0.39 is 20.3 Å². The maximum Gasteiger partial charge on any atom is 0.311 e. The highest BCUT2D eigenvalue weighted by Gasteiger charge is 2.24. The Balaban J connectivity index is 1.45. The van der Waals surface area contributed by atoms with Crippen molar-refractivity contribution in [2.24, 2.45) is 0 Å². The van der Waals surface area contributed by atoms with E-state index in [1.54, 1.807) is 48.5 Å². The SMILES string of the molecule is O=C(Cl)c1cc(Oc2ccc([N+](=O)[O-])c(OCc3ccccc3)c2)c(C(=O)Cl)cc1Oc1ccc([N+](=O)[O-])c(OCc2ccccc2)c1. The fraction of sp³-hybridized carbons (Fsp3) is 0.0588. The smallest absolute Gasteiger partial charge is 0.311 e. The minimum absolute atomic E-state index is 0.0139. The van der Waals surface area contributed by atoms with Gasteiger partial charge in [-0.05, 0) is 58.6 Å². The van der Waals surface area contributed by atoms with Crippen molar-refractivity contribution in [3.63, 3.8) is 0 Å². The first-order chi connectivity index (χ1) is 23.1. The fourth-order valence-corrected chi connectivity index (χ4v) is 4.70. The topological polar surface area (TPSA) is 157 Å². The highest BCUT2D eigenvalue weighted by molar-refractivity contribution is 6.69. The molecule has 12 nitrogen and oxygen atoms in total. The summed E-state index contributed by atoms with van der Waals surface area (Å²) in [6, 6.07) is 27.6. The Morgan fingerprint density at radius 3 is 1.25 bits per heavy atom. The Morgan fingerprint density at radius 1 is 0.542 bits per heavy atom. The number of benzene rings is 5. The molecule has 48 heavy (non-hydrogen) atoms. The molecule has 0 atom stereocenters. The van der Waals surface area contributed by atoms with Gasteiger partial charge in [0.1, 0.15) is 36.2 Å². The minimum atomic E-state index is -0.999. The quantitative estimate of drug-likeness (QED) is 0.0626. The van der Waals surface area contributed by atoms with Gasteiger partial charge in [0.05, 0.1) is 21.0 Å². The van der Waals surface area contributed by atoms with Crippen molar-refractivity contribution in [2.45, 2.75) is 13.2 Å². The van der Waals surface area contributed by atoms with Crippen molar-refractivity contribution < 1.29 is 38.4 Å². The molecule has 5 aromatic carbocycles. The monoisotopic (exact) mass is 688 g/mol. The molecule has 242 valence electrons. The van der Waals surface area contributed by atoms with E-state index in [4.69, 9.17) is 42.1 Å². The lowest BCUT2D eigenvalue weighted by atomic mass is 10.1. The second-order valence-electron chi connectivity index (χ2n) is 9.92. The van der Waals surface area contributed by atoms with Crippen LogP contribution in [-0.2, 0) is 13.2 Å². The van der Waals surface area contributed by atoms with E-state index in [9.17, 15) is 29.8 Å². The summed E-state index contributed by atoms with van der Waals surface area (Å²) in [5.74, 6) is -0.635. The molecule has 0 fully saturated rings. The second kappa shape index (κ2) is 15.1. The zero-order valence-electron chi connectivity index (χ0n) is 24.5. The zero-order valence-corrected chi connectivity index (χ0v) is 26.1. The Kier molecular flexibility index (Phi) is 10.5. The Hall–Kier alpha value is -5.98. The lowest BCUT2D eigenvalue weighted by molar-refractivity contribution is -0.386. The first kappa shape index (κ1) is 33.4. The lowest BCUT2D eigenvalue weighted by Crippen LogP contribution is -2.03. The van der Waals surface area contributed by atoms with Crippen LogP contribution in [0.2, 0.25) is 0 Å². The zero-order chi connectivity index (χ0) is 34.2. The maximum atomic E-state index is 12.5. The Bertz CT molecular complexity index is 1860. The van der Waals surface area contributed by atoms with Crippen LogP contribution < -0.4 is 18.9 Å². The number of carbonyl (C=O) groups is 2. The summed E-state index contributed by atoms with van der Waals surface area (Å²) in [7, 11) is 0. The van der Waals surface area contributed by atoms with Crippen LogP contribution in [0.5, 0.6) is 34.5 Å². The highest BCUT2D eigenvalue weighted by atomic mass is 35.5. The van der Waals surface area contributed by atoms with E-state index in [-0.39, 0.29) is 70.2 Å². The molecule has 0 aliphatic rings. The molecule has 0 spiro atoms. The molecule has 0 unspecified atom stereocenters. The van der Waals surface area contributed by atoms with Crippen molar-refractivity contribution in [3.05, 3.63) is 152 Å². The Morgan fingerprint density at radius 2 is 0.917 bits per heavy atom. The number of rotatable bonds is 14. The lowest BCUT2D eigenvalue weighted by Gasteiger charge is -2.16. The molecule has 14 heteroatoms. The maximum absolute atomic E-state index is 12.5. The molecule has 0 bridgehead atoms. The van der Waals surface area contributed by atoms with Crippen LogP contribution in [0.1, 0.15) is 31.8 Å². The van der Waals surface area contributed by atoms with Gasteiger partial charge in [-0.1, -0.05) is 60.7 Å². The summed E-state index contributed by atoms with van der Waals surface area (Å²) in [4.78, 5) is 47.1. The number of nitro benzene ring substituents is 2. The summed E-state index contributed by atoms with van der Waals surface area (Å²) >= 11 is 11.8. The highest BCUT2D eigenvalue weighted by Crippen LogP contribution is 2.40. The van der Waals surface area contributed by atoms with E-state index in [1.807, 2.05) is 12.1 Å². The van der Waals surface area contributed by atoms with Crippen LogP contribution in [0.15, 0.2) is 109 Å². The second-order valence-corrected chi connectivity index (χ2v) is 10.6. The summed E-state index contributed by atoms with van der Waals surface area (Å²) in [5.41, 5.74) is 0.362. The average Bonchev–Trinajstić information content (AvgIpc) is 3.07. The standard InChI is InChI=1S/C34H22Cl2N2O10/c35-33(39)25-18-30(48-24-12-14-28(38(43)44)32(16-24)46-20-22-9-5-2-6-10-22)26(34(36)40)17-29(25)47-23-11-13-27(37(41)42)31(15-23)45-19-21-7-3-1-4-8-21/h1-18H,19-20H2. The van der Waals surface area contributed by atoms with Gasteiger partial charge in [0.2, 0.25) is 11.5 Å². The number of nitrogens with zero attached hydrogens (tertiary/aromatic N) is 2. The molecule has 0 saturated heterocycles. The molecule has 0 amide bonds. The van der Waals surface area contributed by atoms with Gasteiger partial charge < -0.3 is 18.9 Å². The summed E-state index contributed by atoms with van der Waals surface area (Å²) in [6.45, 7) is 0.0459. The van der Waals surface area contributed by atoms with Gasteiger partial charge >= 0.3 is 11.4 Å². The van der Waals surface area contributed by atoms with E-state index >= 15 is 0 Å². The van der Waals surface area contributed by atoms with Crippen LogP contribution in [0, 0.1) is 20.2 Å². The van der Waals surface area contributed by atoms with Crippen molar-refractivity contribution in [1.29, 1.82) is 0 Å². The van der Waals surface area contributed by atoms with E-state index in [2.05, 4.69) is 0 Å². The van der Waals surface area contributed by atoms with Gasteiger partial charge in [0.15, 0.2) is 0 Å². The van der Waals surface area contributed by atoms with E-state index in [1.165, 1.54) is 24.3 Å². The third-order valence-electron chi connectivity index (χ3n) is 6.69. The molecule has 5 aromatic rings. The first-order valence-electron chi connectivity index (χ1n) is 13.9. The molecule has 0 saturated carbocycles. The molecule has 0 aliphatic heterocycles. The van der Waals surface area contributed by atoms with Crippen molar-refractivity contribution >= 4 is 45.1 Å². The summed E-state index contributed by atoms with van der Waals surface area (Å²) < 4.78 is 23.1. The van der Waals surface area contributed by atoms with E-state index in [0.29, 0.717) is 0 Å². The summed E-state index contributed by atoms with van der Waals surface area (Å²) in [6.07, 6.45) is 0. The molecule has 0 aromatic heterocycles. The normalized spacial score (nSPS) is 10.5. The number of halogens is 2. The number of nitro groups is 2. The number of hydrogen-bond acceptors (Lipinski definition) is 10. The third kappa shape index (κ3) is 8.23. The van der Waals surface area contributed by atoms with Crippen LogP contribution in [0.4, 0.5) is 11.4 Å². The third-order valence-corrected chi connectivity index (χ3v) is 7.10. The average molecular weight is 689 g/mol. The predicted molar refractivity (Wildman–Crippen MR) is 175 cm³/mol. The molecule has 0 radical (unpaired) electrons. The van der Waals surface area contributed by atoms with Gasteiger partial charge in [0.25, 0.3) is 10.5 Å². The van der Waals surface area contributed by atoms with Gasteiger partial charge in [-0.25, -0.2) is 0 Å². The van der Waals surface area contributed by atoms with Crippen LogP contribution >= 0.6 is 23.2 Å². The fourth-order valence-electron chi connectivity index (χ4n) is 4.41. The van der Waals surface area contributed by atoms with Crippen LogP contribution in [0.25, 0.3) is 0 Å². The number of ether oxygens (including phenoxy) is 4. The molecular weight excluding hydrogens is 667 g/mol. The molecular formula is C34H22Cl2N2O10. The van der Waals surface area contributed by atoms with Gasteiger partial charge in [-0.3, -0.25) is 29.8 Å². The molecule has 5 rings (SSSR count). The molecule has 0 N–H and O–H groups in total. The predicted octanol–water partition coefficient (Wildman–Crippen LogP) is 9.00.